The zero-order valence-electron chi connectivity index (χ0n) is 14.7. The second-order valence-corrected chi connectivity index (χ2v) is 6.65. The first-order valence-corrected chi connectivity index (χ1v) is 9.04. The van der Waals surface area contributed by atoms with Crippen LogP contribution in [0.5, 0.6) is 5.75 Å². The minimum Gasteiger partial charge on any atom is -0.491 e. The van der Waals surface area contributed by atoms with E-state index in [9.17, 15) is 4.79 Å². The van der Waals surface area contributed by atoms with Crippen LogP contribution in [0.4, 0.5) is 5.69 Å². The molecule has 1 amide bonds. The summed E-state index contributed by atoms with van der Waals surface area (Å²) in [6, 6.07) is 14.8. The van der Waals surface area contributed by atoms with Crippen LogP contribution < -0.4 is 15.4 Å². The first-order chi connectivity index (χ1) is 12.6. The average molecular weight is 370 g/mol. The fraction of sp³-hybridized carbons (Fsp3) is 0.300. The third kappa shape index (κ3) is 5.28. The molecule has 0 aromatic heterocycles. The Morgan fingerprint density at radius 3 is 2.58 bits per heavy atom. The molecule has 0 spiro atoms. The van der Waals surface area contributed by atoms with Crippen LogP contribution in [0.1, 0.15) is 28.8 Å². The van der Waals surface area contributed by atoms with Crippen LogP contribution in [0.3, 0.4) is 0 Å². The summed E-state index contributed by atoms with van der Waals surface area (Å²) in [7, 11) is 0. The number of nitrogens with one attached hydrogen (secondary N) is 2. The fourth-order valence-electron chi connectivity index (χ4n) is 2.64. The number of carbonyl (C=O) groups excluding carboxylic acids is 1. The molecule has 2 aromatic rings. The van der Waals surface area contributed by atoms with Crippen molar-refractivity contribution in [2.24, 2.45) is 0 Å². The Morgan fingerprint density at radius 2 is 1.92 bits per heavy atom. The predicted octanol–water partition coefficient (Wildman–Crippen LogP) is 3.68. The maximum absolute atomic E-state index is 12.2. The molecule has 1 fully saturated rings. The highest BCUT2D eigenvalue weighted by atomic mass is 32.1. The summed E-state index contributed by atoms with van der Waals surface area (Å²) < 4.78 is 11.3. The van der Waals surface area contributed by atoms with Gasteiger partial charge in [-0.25, -0.2) is 0 Å². The largest absolute Gasteiger partial charge is 0.491 e. The van der Waals surface area contributed by atoms with Gasteiger partial charge in [-0.15, -0.1) is 0 Å². The summed E-state index contributed by atoms with van der Waals surface area (Å²) in [4.78, 5) is 12.2. The van der Waals surface area contributed by atoms with Crippen LogP contribution in [0.15, 0.2) is 48.5 Å². The van der Waals surface area contributed by atoms with Crippen LogP contribution in [0, 0.1) is 6.92 Å². The van der Waals surface area contributed by atoms with E-state index in [0.717, 1.165) is 36.4 Å². The van der Waals surface area contributed by atoms with E-state index in [1.165, 1.54) is 0 Å². The standard InChI is InChI=1S/C20H22N2O3S/c1-14-4-6-15(7-5-14)19(23)22-20(26)21-16-8-10-17(11-9-16)25-13-18-3-2-12-24-18/h4-11,18H,2-3,12-13H2,1H3,(H2,21,22,23,26)/t18-/m1/s1. The number of thiocarbonyl (C=S) groups is 1. The van der Waals surface area contributed by atoms with E-state index >= 15 is 0 Å². The van der Waals surface area contributed by atoms with Gasteiger partial charge in [0.2, 0.25) is 0 Å². The number of anilines is 1. The zero-order valence-corrected chi connectivity index (χ0v) is 15.5. The SMILES string of the molecule is Cc1ccc(C(=O)NC(=S)Nc2ccc(OC[C@H]3CCCO3)cc2)cc1. The second-order valence-electron chi connectivity index (χ2n) is 6.24. The van der Waals surface area contributed by atoms with E-state index in [1.54, 1.807) is 12.1 Å². The van der Waals surface area contributed by atoms with Crippen molar-refractivity contribution in [1.29, 1.82) is 0 Å². The number of aryl methyl sites for hydroxylation is 1. The lowest BCUT2D eigenvalue weighted by Gasteiger charge is -2.13. The van der Waals surface area contributed by atoms with E-state index in [4.69, 9.17) is 21.7 Å². The van der Waals surface area contributed by atoms with Crippen molar-refractivity contribution in [3.05, 3.63) is 59.7 Å². The van der Waals surface area contributed by atoms with E-state index in [0.29, 0.717) is 12.2 Å². The molecule has 1 saturated heterocycles. The van der Waals surface area contributed by atoms with Gasteiger partial charge < -0.3 is 14.8 Å². The summed E-state index contributed by atoms with van der Waals surface area (Å²) >= 11 is 5.20. The van der Waals surface area contributed by atoms with E-state index in [1.807, 2.05) is 43.3 Å². The number of hydrogen-bond acceptors (Lipinski definition) is 4. The third-order valence-corrected chi connectivity index (χ3v) is 4.32. The Hall–Kier alpha value is -2.44. The molecule has 0 aliphatic carbocycles. The van der Waals surface area contributed by atoms with Gasteiger partial charge in [-0.2, -0.15) is 0 Å². The van der Waals surface area contributed by atoms with Gasteiger partial charge in [-0.3, -0.25) is 10.1 Å². The summed E-state index contributed by atoms with van der Waals surface area (Å²) in [5.74, 6) is 0.541. The van der Waals surface area contributed by atoms with Crippen LogP contribution in [0.25, 0.3) is 0 Å². The van der Waals surface area contributed by atoms with Crippen LogP contribution >= 0.6 is 12.2 Å². The van der Waals surface area contributed by atoms with Crippen molar-refractivity contribution in [3.8, 4) is 5.75 Å². The lowest BCUT2D eigenvalue weighted by Crippen LogP contribution is -2.34. The van der Waals surface area contributed by atoms with Gasteiger partial charge in [-0.1, -0.05) is 17.7 Å². The highest BCUT2D eigenvalue weighted by Gasteiger charge is 2.15. The van der Waals surface area contributed by atoms with E-state index in [-0.39, 0.29) is 17.1 Å². The fourth-order valence-corrected chi connectivity index (χ4v) is 2.85. The Balaban J connectivity index is 1.47. The molecular weight excluding hydrogens is 348 g/mol. The average Bonchev–Trinajstić information content (AvgIpc) is 3.15. The second kappa shape index (κ2) is 8.78. The number of ether oxygens (including phenoxy) is 2. The van der Waals surface area contributed by atoms with Gasteiger partial charge in [0.25, 0.3) is 5.91 Å². The Morgan fingerprint density at radius 1 is 1.19 bits per heavy atom. The molecule has 26 heavy (non-hydrogen) atoms. The molecule has 1 heterocycles. The summed E-state index contributed by atoms with van der Waals surface area (Å²) in [5, 5.41) is 5.93. The minimum atomic E-state index is -0.237. The van der Waals surface area contributed by atoms with Gasteiger partial charge in [0.15, 0.2) is 5.11 Å². The van der Waals surface area contributed by atoms with Gasteiger partial charge in [-0.05, 0) is 68.4 Å². The van der Waals surface area contributed by atoms with Crippen molar-refractivity contribution in [2.45, 2.75) is 25.9 Å². The van der Waals surface area contributed by atoms with Crippen molar-refractivity contribution in [2.75, 3.05) is 18.5 Å². The summed E-state index contributed by atoms with van der Waals surface area (Å²) in [5.41, 5.74) is 2.45. The van der Waals surface area contributed by atoms with Crippen LogP contribution in [-0.2, 0) is 4.74 Å². The molecule has 0 unspecified atom stereocenters. The highest BCUT2D eigenvalue weighted by Crippen LogP contribution is 2.18. The number of rotatable bonds is 5. The first-order valence-electron chi connectivity index (χ1n) is 8.63. The normalized spacial score (nSPS) is 16.1. The highest BCUT2D eigenvalue weighted by molar-refractivity contribution is 7.80. The summed E-state index contributed by atoms with van der Waals surface area (Å²) in [6.07, 6.45) is 2.34. The third-order valence-electron chi connectivity index (χ3n) is 4.11. The Kier molecular flexibility index (Phi) is 6.20. The lowest BCUT2D eigenvalue weighted by atomic mass is 10.1. The first kappa shape index (κ1) is 18.4. The topological polar surface area (TPSA) is 59.6 Å². The summed E-state index contributed by atoms with van der Waals surface area (Å²) in [6.45, 7) is 3.36. The quantitative estimate of drug-likeness (QED) is 0.787. The van der Waals surface area contributed by atoms with Crippen molar-refractivity contribution >= 4 is 28.9 Å². The van der Waals surface area contributed by atoms with Crippen LogP contribution in [0.2, 0.25) is 0 Å². The molecule has 2 aromatic carbocycles. The maximum atomic E-state index is 12.2. The van der Waals surface area contributed by atoms with Gasteiger partial charge in [0.1, 0.15) is 12.4 Å². The van der Waals surface area contributed by atoms with E-state index in [2.05, 4.69) is 10.6 Å². The number of amides is 1. The molecule has 1 atom stereocenters. The number of hydrogen-bond donors (Lipinski definition) is 2. The lowest BCUT2D eigenvalue weighted by molar-refractivity contribution is 0.0679. The van der Waals surface area contributed by atoms with Gasteiger partial charge in [0.05, 0.1) is 6.10 Å². The van der Waals surface area contributed by atoms with Crippen molar-refractivity contribution in [1.82, 2.24) is 5.32 Å². The molecule has 1 aliphatic rings. The molecular formula is C20H22N2O3S. The number of benzene rings is 2. The molecule has 1 aliphatic heterocycles. The maximum Gasteiger partial charge on any atom is 0.257 e. The monoisotopic (exact) mass is 370 g/mol. The van der Waals surface area contributed by atoms with Gasteiger partial charge >= 0.3 is 0 Å². The molecule has 0 radical (unpaired) electrons. The molecule has 6 heteroatoms. The molecule has 5 nitrogen and oxygen atoms in total. The smallest absolute Gasteiger partial charge is 0.257 e. The number of carbonyl (C=O) groups is 1. The molecule has 0 bridgehead atoms. The molecule has 3 rings (SSSR count). The van der Waals surface area contributed by atoms with Crippen molar-refractivity contribution < 1.29 is 14.3 Å². The van der Waals surface area contributed by atoms with Crippen molar-refractivity contribution in [3.63, 3.8) is 0 Å². The molecule has 136 valence electrons. The molecule has 2 N–H and O–H groups in total. The Labute approximate surface area is 158 Å². The predicted molar refractivity (Wildman–Crippen MR) is 106 cm³/mol. The zero-order chi connectivity index (χ0) is 18.4. The van der Waals surface area contributed by atoms with E-state index < -0.39 is 0 Å². The Bertz CT molecular complexity index is 754. The molecule has 0 saturated carbocycles. The van der Waals surface area contributed by atoms with Crippen LogP contribution in [-0.4, -0.2) is 30.3 Å². The minimum absolute atomic E-state index is 0.192. The van der Waals surface area contributed by atoms with Gasteiger partial charge in [0, 0.05) is 17.9 Å².